The quantitative estimate of drug-likeness (QED) is 0.794. The van der Waals surface area contributed by atoms with E-state index in [9.17, 15) is 0 Å². The summed E-state index contributed by atoms with van der Waals surface area (Å²) in [5.41, 5.74) is 4.43. The third-order valence-electron chi connectivity index (χ3n) is 3.65. The minimum Gasteiger partial charge on any atom is -0.343 e. The predicted octanol–water partition coefficient (Wildman–Crippen LogP) is 3.28. The highest BCUT2D eigenvalue weighted by Gasteiger charge is 2.03. The summed E-state index contributed by atoms with van der Waals surface area (Å²) in [4.78, 5) is 0. The van der Waals surface area contributed by atoms with E-state index in [1.807, 2.05) is 31.3 Å². The summed E-state index contributed by atoms with van der Waals surface area (Å²) in [5, 5.41) is 13.3. The van der Waals surface area contributed by atoms with Crippen molar-refractivity contribution in [3.8, 4) is 6.07 Å². The first-order valence-corrected chi connectivity index (χ1v) is 7.01. The second-order valence-electron chi connectivity index (χ2n) is 5.18. The number of hydrogen-bond acceptors (Lipinski definition) is 2. The Labute approximate surface area is 124 Å². The van der Waals surface area contributed by atoms with Gasteiger partial charge >= 0.3 is 0 Å². The Hall–Kier alpha value is -2.57. The van der Waals surface area contributed by atoms with Gasteiger partial charge in [-0.3, -0.25) is 0 Å². The fourth-order valence-electron chi connectivity index (χ4n) is 2.58. The molecule has 0 saturated heterocycles. The number of nitriles is 1. The fraction of sp³-hybridized carbons (Fsp3) is 0.167. The fourth-order valence-corrected chi connectivity index (χ4v) is 2.58. The maximum atomic E-state index is 8.84. The van der Waals surface area contributed by atoms with Crippen molar-refractivity contribution in [3.63, 3.8) is 0 Å². The third-order valence-corrected chi connectivity index (χ3v) is 3.65. The Bertz CT molecular complexity index is 791. The minimum atomic E-state index is 0.702. The number of nitrogens with one attached hydrogen (secondary N) is 1. The lowest BCUT2D eigenvalue weighted by atomic mass is 10.1. The molecule has 3 nitrogen and oxygen atoms in total. The van der Waals surface area contributed by atoms with E-state index in [2.05, 4.69) is 46.4 Å². The van der Waals surface area contributed by atoms with Gasteiger partial charge in [-0.15, -0.1) is 0 Å². The van der Waals surface area contributed by atoms with Crippen LogP contribution in [0.4, 0.5) is 0 Å². The maximum absolute atomic E-state index is 8.84. The van der Waals surface area contributed by atoms with Gasteiger partial charge in [0.05, 0.1) is 11.6 Å². The molecule has 0 aliphatic carbocycles. The van der Waals surface area contributed by atoms with Gasteiger partial charge in [0.2, 0.25) is 0 Å². The predicted molar refractivity (Wildman–Crippen MR) is 85.0 cm³/mol. The highest BCUT2D eigenvalue weighted by molar-refractivity contribution is 5.81. The van der Waals surface area contributed by atoms with Crippen LogP contribution in [0.2, 0.25) is 0 Å². The summed E-state index contributed by atoms with van der Waals surface area (Å²) in [5.74, 6) is 0. The topological polar surface area (TPSA) is 40.8 Å². The average molecular weight is 275 g/mol. The van der Waals surface area contributed by atoms with Gasteiger partial charge < -0.3 is 9.88 Å². The van der Waals surface area contributed by atoms with E-state index in [0.717, 1.165) is 13.1 Å². The Kier molecular flexibility index (Phi) is 3.72. The van der Waals surface area contributed by atoms with Crippen LogP contribution in [0.5, 0.6) is 0 Å². The van der Waals surface area contributed by atoms with Crippen LogP contribution in [0.15, 0.2) is 54.7 Å². The highest BCUT2D eigenvalue weighted by atomic mass is 14.9. The zero-order valence-electron chi connectivity index (χ0n) is 12.0. The van der Waals surface area contributed by atoms with Crippen LogP contribution >= 0.6 is 0 Å². The van der Waals surface area contributed by atoms with Gasteiger partial charge in [-0.25, -0.2) is 0 Å². The van der Waals surface area contributed by atoms with Crippen molar-refractivity contribution in [2.75, 3.05) is 7.05 Å². The molecule has 1 heterocycles. The summed E-state index contributed by atoms with van der Waals surface area (Å²) in [6.45, 7) is 1.71. The lowest BCUT2D eigenvalue weighted by Gasteiger charge is -2.07. The maximum Gasteiger partial charge on any atom is 0.0991 e. The first-order chi connectivity index (χ1) is 10.3. The summed E-state index contributed by atoms with van der Waals surface area (Å²) in [6.07, 6.45) is 2.12. The molecule has 0 aliphatic heterocycles. The van der Waals surface area contributed by atoms with E-state index in [1.54, 1.807) is 0 Å². The van der Waals surface area contributed by atoms with Gasteiger partial charge in [-0.1, -0.05) is 18.2 Å². The van der Waals surface area contributed by atoms with Crippen LogP contribution in [0.25, 0.3) is 10.9 Å². The van der Waals surface area contributed by atoms with Crippen LogP contribution in [0, 0.1) is 11.3 Å². The molecule has 0 unspecified atom stereocenters. The molecule has 21 heavy (non-hydrogen) atoms. The number of benzene rings is 2. The van der Waals surface area contributed by atoms with E-state index in [-0.39, 0.29) is 0 Å². The number of fused-ring (bicyclic) bond motifs is 1. The zero-order chi connectivity index (χ0) is 14.7. The molecule has 0 bridgehead atoms. The van der Waals surface area contributed by atoms with Crippen molar-refractivity contribution in [2.24, 2.45) is 0 Å². The molecule has 0 amide bonds. The Morgan fingerprint density at radius 1 is 1.05 bits per heavy atom. The molecule has 0 saturated carbocycles. The van der Waals surface area contributed by atoms with Crippen LogP contribution in [0.1, 0.15) is 16.7 Å². The molecule has 3 rings (SSSR count). The van der Waals surface area contributed by atoms with Gasteiger partial charge in [0.1, 0.15) is 0 Å². The van der Waals surface area contributed by atoms with E-state index < -0.39 is 0 Å². The highest BCUT2D eigenvalue weighted by Crippen LogP contribution is 2.19. The van der Waals surface area contributed by atoms with Gasteiger partial charge in [0.15, 0.2) is 0 Å². The number of nitrogens with zero attached hydrogens (tertiary/aromatic N) is 2. The van der Waals surface area contributed by atoms with Gasteiger partial charge in [-0.2, -0.15) is 5.26 Å². The summed E-state index contributed by atoms with van der Waals surface area (Å²) >= 11 is 0. The van der Waals surface area contributed by atoms with E-state index in [4.69, 9.17) is 5.26 Å². The molecule has 1 N–H and O–H groups in total. The van der Waals surface area contributed by atoms with Crippen molar-refractivity contribution < 1.29 is 0 Å². The lowest BCUT2D eigenvalue weighted by Crippen LogP contribution is -2.04. The summed E-state index contributed by atoms with van der Waals surface area (Å²) < 4.78 is 2.24. The molecule has 3 heteroatoms. The summed E-state index contributed by atoms with van der Waals surface area (Å²) in [6, 6.07) is 18.6. The van der Waals surface area contributed by atoms with Crippen LogP contribution in [-0.4, -0.2) is 11.6 Å². The second kappa shape index (κ2) is 5.82. The molecule has 0 fully saturated rings. The normalized spacial score (nSPS) is 10.7. The van der Waals surface area contributed by atoms with E-state index in [1.165, 1.54) is 22.0 Å². The largest absolute Gasteiger partial charge is 0.343 e. The Morgan fingerprint density at radius 3 is 2.52 bits per heavy atom. The molecule has 0 spiro atoms. The molecular formula is C18H17N3. The van der Waals surface area contributed by atoms with Crippen molar-refractivity contribution in [1.29, 1.82) is 5.26 Å². The van der Waals surface area contributed by atoms with E-state index >= 15 is 0 Å². The first-order valence-electron chi connectivity index (χ1n) is 7.01. The minimum absolute atomic E-state index is 0.702. The van der Waals surface area contributed by atoms with Gasteiger partial charge in [-0.05, 0) is 53.9 Å². The molecule has 0 radical (unpaired) electrons. The molecule has 3 aromatic rings. The smallest absolute Gasteiger partial charge is 0.0991 e. The van der Waals surface area contributed by atoms with Crippen molar-refractivity contribution >= 4 is 10.9 Å². The molecule has 0 atom stereocenters. The molecule has 0 aliphatic rings. The van der Waals surface area contributed by atoms with Gasteiger partial charge in [0, 0.05) is 24.8 Å². The second-order valence-corrected chi connectivity index (χ2v) is 5.18. The van der Waals surface area contributed by atoms with E-state index in [0.29, 0.717) is 5.56 Å². The lowest BCUT2D eigenvalue weighted by molar-refractivity contribution is 0.817. The number of rotatable bonds is 4. The number of hydrogen-bond donors (Lipinski definition) is 1. The van der Waals surface area contributed by atoms with Crippen LogP contribution in [0.3, 0.4) is 0 Å². The van der Waals surface area contributed by atoms with Crippen LogP contribution < -0.4 is 5.32 Å². The number of aromatic nitrogens is 1. The zero-order valence-corrected chi connectivity index (χ0v) is 12.0. The van der Waals surface area contributed by atoms with Crippen molar-refractivity contribution in [2.45, 2.75) is 13.1 Å². The standard InChI is InChI=1S/C18H17N3/c1-20-12-16-6-7-18-17(10-16)8-9-21(18)13-15-4-2-14(11-19)3-5-15/h2-10,20H,12-13H2,1H3. The average Bonchev–Trinajstić information content (AvgIpc) is 2.91. The third kappa shape index (κ3) is 2.81. The Morgan fingerprint density at radius 2 is 1.81 bits per heavy atom. The Balaban J connectivity index is 1.88. The summed E-state index contributed by atoms with van der Waals surface area (Å²) in [7, 11) is 1.96. The van der Waals surface area contributed by atoms with Crippen LogP contribution in [-0.2, 0) is 13.1 Å². The van der Waals surface area contributed by atoms with Gasteiger partial charge in [0.25, 0.3) is 0 Å². The molecular weight excluding hydrogens is 258 g/mol. The molecule has 104 valence electrons. The first kappa shape index (κ1) is 13.4. The van der Waals surface area contributed by atoms with Crippen molar-refractivity contribution in [3.05, 3.63) is 71.4 Å². The van der Waals surface area contributed by atoms with Crippen molar-refractivity contribution in [1.82, 2.24) is 9.88 Å². The molecule has 1 aromatic heterocycles. The SMILES string of the molecule is CNCc1ccc2c(ccn2Cc2ccc(C#N)cc2)c1. The monoisotopic (exact) mass is 275 g/mol. The molecule has 2 aromatic carbocycles.